The molecule has 0 heterocycles. The largest absolute Gasteiger partial charge is 0.457 e. The molecule has 0 fully saturated rings. The Bertz CT molecular complexity index is 571. The highest BCUT2D eigenvalue weighted by atomic mass is 16.5. The number of ether oxygens (including phenoxy) is 1. The van der Waals surface area contributed by atoms with Gasteiger partial charge in [-0.05, 0) is 55.0 Å². The molecule has 18 heavy (non-hydrogen) atoms. The number of aryl methyl sites for hydroxylation is 1. The van der Waals surface area contributed by atoms with E-state index in [2.05, 4.69) is 0 Å². The number of rotatable bonds is 4. The molecule has 3 nitrogen and oxygen atoms in total. The van der Waals surface area contributed by atoms with Gasteiger partial charge in [-0.2, -0.15) is 0 Å². The lowest BCUT2D eigenvalue weighted by molar-refractivity contribution is 0.111. The van der Waals surface area contributed by atoms with Crippen molar-refractivity contribution in [3.8, 4) is 11.5 Å². The van der Waals surface area contributed by atoms with Crippen LogP contribution in [0.15, 0.2) is 42.5 Å². The molecule has 0 spiro atoms. The number of aldehydes is 2. The van der Waals surface area contributed by atoms with Crippen LogP contribution in [0.2, 0.25) is 0 Å². The van der Waals surface area contributed by atoms with Crippen LogP contribution in [0.25, 0.3) is 0 Å². The minimum atomic E-state index is 0.606. The summed E-state index contributed by atoms with van der Waals surface area (Å²) in [6.07, 6.45) is 1.60. The van der Waals surface area contributed by atoms with Crippen LogP contribution in [-0.4, -0.2) is 12.6 Å². The van der Waals surface area contributed by atoms with E-state index in [0.29, 0.717) is 22.6 Å². The van der Waals surface area contributed by atoms with E-state index in [4.69, 9.17) is 4.74 Å². The molecule has 0 aliphatic carbocycles. The van der Waals surface area contributed by atoms with Crippen molar-refractivity contribution in [2.24, 2.45) is 0 Å². The van der Waals surface area contributed by atoms with Gasteiger partial charge in [-0.1, -0.05) is 0 Å². The molecule has 2 rings (SSSR count). The standard InChI is InChI=1S/C15H12O3/c1-11-8-15(7-4-13(11)10-17)18-14-5-2-12(9-16)3-6-14/h2-10H,1H3. The lowest BCUT2D eigenvalue weighted by Crippen LogP contribution is -1.89. The quantitative estimate of drug-likeness (QED) is 0.769. The smallest absolute Gasteiger partial charge is 0.150 e. The third-order valence-corrected chi connectivity index (χ3v) is 2.62. The molecule has 0 aliphatic rings. The van der Waals surface area contributed by atoms with Crippen LogP contribution >= 0.6 is 0 Å². The first-order chi connectivity index (χ1) is 8.72. The molecule has 2 aromatic carbocycles. The zero-order valence-electron chi connectivity index (χ0n) is 9.92. The summed E-state index contributed by atoms with van der Waals surface area (Å²) in [7, 11) is 0. The van der Waals surface area contributed by atoms with E-state index >= 15 is 0 Å². The number of carbonyl (C=O) groups is 2. The minimum Gasteiger partial charge on any atom is -0.457 e. The average Bonchev–Trinajstić information content (AvgIpc) is 2.40. The van der Waals surface area contributed by atoms with Crippen molar-refractivity contribution >= 4 is 12.6 Å². The highest BCUT2D eigenvalue weighted by molar-refractivity contribution is 5.77. The van der Waals surface area contributed by atoms with Crippen molar-refractivity contribution in [1.29, 1.82) is 0 Å². The molecule has 0 amide bonds. The van der Waals surface area contributed by atoms with Gasteiger partial charge in [0, 0.05) is 11.1 Å². The second kappa shape index (κ2) is 5.27. The van der Waals surface area contributed by atoms with E-state index in [0.717, 1.165) is 18.1 Å². The molecular formula is C15H12O3. The Hall–Kier alpha value is -2.42. The molecule has 0 bridgehead atoms. The van der Waals surface area contributed by atoms with Gasteiger partial charge in [0.25, 0.3) is 0 Å². The Kier molecular flexibility index (Phi) is 3.53. The van der Waals surface area contributed by atoms with E-state index in [1.54, 1.807) is 42.5 Å². The first-order valence-electron chi connectivity index (χ1n) is 5.52. The van der Waals surface area contributed by atoms with E-state index in [1.807, 2.05) is 6.92 Å². The summed E-state index contributed by atoms with van der Waals surface area (Å²) in [5, 5.41) is 0. The van der Waals surface area contributed by atoms with E-state index < -0.39 is 0 Å². The van der Waals surface area contributed by atoms with Crippen LogP contribution < -0.4 is 4.74 Å². The van der Waals surface area contributed by atoms with E-state index in [9.17, 15) is 9.59 Å². The van der Waals surface area contributed by atoms with Gasteiger partial charge in [0.15, 0.2) is 0 Å². The van der Waals surface area contributed by atoms with Crippen LogP contribution in [0, 0.1) is 6.92 Å². The third-order valence-electron chi connectivity index (χ3n) is 2.62. The predicted molar refractivity (Wildman–Crippen MR) is 68.5 cm³/mol. The molecule has 0 N–H and O–H groups in total. The van der Waals surface area contributed by atoms with E-state index in [-0.39, 0.29) is 0 Å². The van der Waals surface area contributed by atoms with Gasteiger partial charge in [-0.15, -0.1) is 0 Å². The highest BCUT2D eigenvalue weighted by Crippen LogP contribution is 2.23. The van der Waals surface area contributed by atoms with Crippen molar-refractivity contribution < 1.29 is 14.3 Å². The summed E-state index contributed by atoms with van der Waals surface area (Å²) in [5.41, 5.74) is 2.13. The van der Waals surface area contributed by atoms with Gasteiger partial charge in [-0.3, -0.25) is 9.59 Å². The fourth-order valence-corrected chi connectivity index (χ4v) is 1.59. The summed E-state index contributed by atoms with van der Waals surface area (Å²) in [6.45, 7) is 1.85. The molecule has 2 aromatic rings. The van der Waals surface area contributed by atoms with Crippen LogP contribution in [-0.2, 0) is 0 Å². The maximum Gasteiger partial charge on any atom is 0.150 e. The Morgan fingerprint density at radius 1 is 0.889 bits per heavy atom. The fraction of sp³-hybridized carbons (Fsp3) is 0.0667. The summed E-state index contributed by atoms with van der Waals surface area (Å²) in [4.78, 5) is 21.2. The average molecular weight is 240 g/mol. The highest BCUT2D eigenvalue weighted by Gasteiger charge is 2.01. The van der Waals surface area contributed by atoms with Crippen molar-refractivity contribution in [1.82, 2.24) is 0 Å². The van der Waals surface area contributed by atoms with Crippen molar-refractivity contribution in [2.45, 2.75) is 6.92 Å². The molecule has 0 saturated heterocycles. The normalized spacial score (nSPS) is 9.83. The van der Waals surface area contributed by atoms with Crippen LogP contribution in [0.5, 0.6) is 11.5 Å². The minimum absolute atomic E-state index is 0.606. The molecular weight excluding hydrogens is 228 g/mol. The first-order valence-corrected chi connectivity index (χ1v) is 5.52. The molecule has 0 aliphatic heterocycles. The fourth-order valence-electron chi connectivity index (χ4n) is 1.59. The third kappa shape index (κ3) is 2.63. The zero-order chi connectivity index (χ0) is 13.0. The van der Waals surface area contributed by atoms with Crippen molar-refractivity contribution in [3.63, 3.8) is 0 Å². The predicted octanol–water partition coefficient (Wildman–Crippen LogP) is 3.41. The monoisotopic (exact) mass is 240 g/mol. The lowest BCUT2D eigenvalue weighted by atomic mass is 10.1. The Labute approximate surface area is 105 Å². The Balaban J connectivity index is 2.20. The number of hydrogen-bond acceptors (Lipinski definition) is 3. The first kappa shape index (κ1) is 12.0. The van der Waals surface area contributed by atoms with Gasteiger partial charge >= 0.3 is 0 Å². The van der Waals surface area contributed by atoms with Gasteiger partial charge in [0.2, 0.25) is 0 Å². The summed E-state index contributed by atoms with van der Waals surface area (Å²) in [6, 6.07) is 12.1. The second-order valence-electron chi connectivity index (χ2n) is 3.93. The van der Waals surface area contributed by atoms with Crippen LogP contribution in [0.3, 0.4) is 0 Å². The van der Waals surface area contributed by atoms with Crippen molar-refractivity contribution in [3.05, 3.63) is 59.2 Å². The molecule has 0 aromatic heterocycles. The molecule has 0 atom stereocenters. The number of hydrogen-bond donors (Lipinski definition) is 0. The molecule has 0 radical (unpaired) electrons. The molecule has 3 heteroatoms. The maximum atomic E-state index is 10.7. The zero-order valence-corrected chi connectivity index (χ0v) is 9.92. The number of benzene rings is 2. The summed E-state index contributed by atoms with van der Waals surface area (Å²) >= 11 is 0. The number of carbonyl (C=O) groups excluding carboxylic acids is 2. The van der Waals surface area contributed by atoms with Crippen LogP contribution in [0.1, 0.15) is 26.3 Å². The van der Waals surface area contributed by atoms with E-state index in [1.165, 1.54) is 0 Å². The Morgan fingerprint density at radius 2 is 1.56 bits per heavy atom. The maximum absolute atomic E-state index is 10.7. The van der Waals surface area contributed by atoms with Gasteiger partial charge in [0.1, 0.15) is 24.1 Å². The van der Waals surface area contributed by atoms with Gasteiger partial charge < -0.3 is 4.74 Å². The SMILES string of the molecule is Cc1cc(Oc2ccc(C=O)cc2)ccc1C=O. The van der Waals surface area contributed by atoms with Gasteiger partial charge in [0.05, 0.1) is 0 Å². The topological polar surface area (TPSA) is 43.4 Å². The Morgan fingerprint density at radius 3 is 2.11 bits per heavy atom. The second-order valence-corrected chi connectivity index (χ2v) is 3.93. The lowest BCUT2D eigenvalue weighted by Gasteiger charge is -2.07. The summed E-state index contributed by atoms with van der Waals surface area (Å²) < 4.78 is 5.63. The summed E-state index contributed by atoms with van der Waals surface area (Å²) in [5.74, 6) is 1.32. The van der Waals surface area contributed by atoms with Crippen molar-refractivity contribution in [2.75, 3.05) is 0 Å². The molecule has 0 saturated carbocycles. The molecule has 90 valence electrons. The van der Waals surface area contributed by atoms with Gasteiger partial charge in [-0.25, -0.2) is 0 Å². The molecule has 0 unspecified atom stereocenters. The van der Waals surface area contributed by atoms with Crippen LogP contribution in [0.4, 0.5) is 0 Å².